The van der Waals surface area contributed by atoms with Gasteiger partial charge in [-0.1, -0.05) is 0 Å². The Bertz CT molecular complexity index is 972. The van der Waals surface area contributed by atoms with E-state index in [0.29, 0.717) is 25.9 Å². The van der Waals surface area contributed by atoms with E-state index in [1.54, 1.807) is 11.3 Å². The number of piperidine rings is 1. The third-order valence-electron chi connectivity index (χ3n) is 5.75. The molecule has 2 atom stereocenters. The first kappa shape index (κ1) is 19.5. The SMILES string of the molecule is C[C@H]1c2ccsc2CCN1C(=O)[C@H]1CCCN(S(=O)(=O)c2ccc(F)cc2)C1. The first-order valence-electron chi connectivity index (χ1n) is 9.50. The number of hydrogen-bond acceptors (Lipinski definition) is 4. The molecule has 2 aliphatic heterocycles. The van der Waals surface area contributed by atoms with Crippen LogP contribution >= 0.6 is 11.3 Å². The van der Waals surface area contributed by atoms with Gasteiger partial charge in [-0.25, -0.2) is 12.8 Å². The molecule has 4 rings (SSSR count). The molecule has 0 bridgehead atoms. The predicted octanol–water partition coefficient (Wildman–Crippen LogP) is 3.43. The van der Waals surface area contributed by atoms with Gasteiger partial charge in [0.2, 0.25) is 15.9 Å². The highest BCUT2D eigenvalue weighted by Gasteiger charge is 2.37. The molecule has 0 spiro atoms. The fourth-order valence-electron chi connectivity index (χ4n) is 4.16. The summed E-state index contributed by atoms with van der Waals surface area (Å²) in [6.07, 6.45) is 2.18. The zero-order chi connectivity index (χ0) is 19.9. The number of thiophene rings is 1. The Morgan fingerprint density at radius 1 is 1.18 bits per heavy atom. The lowest BCUT2D eigenvalue weighted by Gasteiger charge is -2.39. The van der Waals surface area contributed by atoms with Crippen LogP contribution in [-0.2, 0) is 21.2 Å². The van der Waals surface area contributed by atoms with Crippen molar-refractivity contribution in [3.05, 3.63) is 52.0 Å². The lowest BCUT2D eigenvalue weighted by Crippen LogP contribution is -2.48. The van der Waals surface area contributed by atoms with E-state index in [0.717, 1.165) is 18.6 Å². The number of carbonyl (C=O) groups excluding carboxylic acids is 1. The summed E-state index contributed by atoms with van der Waals surface area (Å²) < 4.78 is 40.4. The zero-order valence-corrected chi connectivity index (χ0v) is 17.3. The first-order chi connectivity index (χ1) is 13.4. The molecule has 2 aliphatic rings. The molecule has 1 aromatic carbocycles. The van der Waals surface area contributed by atoms with E-state index in [1.165, 1.54) is 26.9 Å². The lowest BCUT2D eigenvalue weighted by atomic mass is 9.94. The molecule has 1 fully saturated rings. The van der Waals surface area contributed by atoms with Gasteiger partial charge in [0.25, 0.3) is 0 Å². The summed E-state index contributed by atoms with van der Waals surface area (Å²) >= 11 is 1.73. The van der Waals surface area contributed by atoms with Crippen LogP contribution in [0.15, 0.2) is 40.6 Å². The maximum absolute atomic E-state index is 13.2. The maximum atomic E-state index is 13.2. The van der Waals surface area contributed by atoms with Crippen LogP contribution in [0.5, 0.6) is 0 Å². The van der Waals surface area contributed by atoms with Crippen LogP contribution in [0.2, 0.25) is 0 Å². The Morgan fingerprint density at radius 3 is 2.68 bits per heavy atom. The zero-order valence-electron chi connectivity index (χ0n) is 15.7. The second kappa shape index (κ2) is 7.57. The second-order valence-corrected chi connectivity index (χ2v) is 10.4. The van der Waals surface area contributed by atoms with Crippen LogP contribution in [0.3, 0.4) is 0 Å². The van der Waals surface area contributed by atoms with E-state index >= 15 is 0 Å². The van der Waals surface area contributed by atoms with Crippen molar-refractivity contribution in [2.45, 2.75) is 37.1 Å². The third-order valence-corrected chi connectivity index (χ3v) is 8.62. The molecule has 5 nitrogen and oxygen atoms in total. The first-order valence-corrected chi connectivity index (χ1v) is 11.8. The van der Waals surface area contributed by atoms with E-state index in [-0.39, 0.29) is 29.3 Å². The number of halogens is 1. The minimum absolute atomic E-state index is 0.0200. The summed E-state index contributed by atoms with van der Waals surface area (Å²) in [5.41, 5.74) is 1.20. The highest BCUT2D eigenvalue weighted by molar-refractivity contribution is 7.89. The van der Waals surface area contributed by atoms with Gasteiger partial charge in [0.1, 0.15) is 5.82 Å². The molecule has 0 saturated carbocycles. The van der Waals surface area contributed by atoms with Gasteiger partial charge in [-0.3, -0.25) is 4.79 Å². The van der Waals surface area contributed by atoms with E-state index < -0.39 is 15.8 Å². The van der Waals surface area contributed by atoms with Crippen LogP contribution in [0, 0.1) is 11.7 Å². The molecule has 1 aromatic heterocycles. The molecule has 28 heavy (non-hydrogen) atoms. The summed E-state index contributed by atoms with van der Waals surface area (Å²) in [6, 6.07) is 6.95. The Balaban J connectivity index is 1.51. The Kier molecular flexibility index (Phi) is 5.28. The van der Waals surface area contributed by atoms with Gasteiger partial charge in [0.15, 0.2) is 0 Å². The molecule has 0 radical (unpaired) electrons. The maximum Gasteiger partial charge on any atom is 0.243 e. The molecule has 1 amide bonds. The van der Waals surface area contributed by atoms with Gasteiger partial charge in [0, 0.05) is 24.5 Å². The van der Waals surface area contributed by atoms with Crippen molar-refractivity contribution in [1.29, 1.82) is 0 Å². The van der Waals surface area contributed by atoms with E-state index in [2.05, 4.69) is 11.4 Å². The van der Waals surface area contributed by atoms with Crippen LogP contribution in [-0.4, -0.2) is 43.2 Å². The van der Waals surface area contributed by atoms with E-state index in [4.69, 9.17) is 0 Å². The van der Waals surface area contributed by atoms with Crippen molar-refractivity contribution in [3.8, 4) is 0 Å². The summed E-state index contributed by atoms with van der Waals surface area (Å²) in [5.74, 6) is -0.785. The highest BCUT2D eigenvalue weighted by atomic mass is 32.2. The molecule has 0 aliphatic carbocycles. The number of sulfonamides is 1. The second-order valence-electron chi connectivity index (χ2n) is 7.41. The normalized spacial score (nSPS) is 23.4. The number of nitrogens with zero attached hydrogens (tertiary/aromatic N) is 2. The van der Waals surface area contributed by atoms with Crippen molar-refractivity contribution < 1.29 is 17.6 Å². The minimum atomic E-state index is -3.73. The highest BCUT2D eigenvalue weighted by Crippen LogP contribution is 2.35. The summed E-state index contributed by atoms with van der Waals surface area (Å²) in [4.78, 5) is 16.5. The number of amides is 1. The quantitative estimate of drug-likeness (QED) is 0.761. The molecule has 2 aromatic rings. The fourth-order valence-corrected chi connectivity index (χ4v) is 6.65. The number of fused-ring (bicyclic) bond motifs is 1. The fraction of sp³-hybridized carbons (Fsp3) is 0.450. The molecule has 3 heterocycles. The average molecular weight is 423 g/mol. The standard InChI is InChI=1S/C20H23FN2O3S2/c1-14-18-9-12-27-19(18)8-11-23(14)20(24)15-3-2-10-22(13-15)28(25,26)17-6-4-16(21)5-7-17/h4-7,9,12,14-15H,2-3,8,10-11,13H2,1H3/t14-,15-/m0/s1. The number of rotatable bonds is 3. The van der Waals surface area contributed by atoms with Crippen molar-refractivity contribution >= 4 is 27.3 Å². The Morgan fingerprint density at radius 2 is 1.93 bits per heavy atom. The summed E-state index contributed by atoms with van der Waals surface area (Å²) in [7, 11) is -3.73. The van der Waals surface area contributed by atoms with Crippen LogP contribution < -0.4 is 0 Å². The lowest BCUT2D eigenvalue weighted by molar-refractivity contribution is -0.139. The number of benzene rings is 1. The Labute approximate surface area is 168 Å². The third kappa shape index (κ3) is 3.49. The average Bonchev–Trinajstić information content (AvgIpc) is 3.18. The smallest absolute Gasteiger partial charge is 0.243 e. The predicted molar refractivity (Wildman–Crippen MR) is 106 cm³/mol. The van der Waals surface area contributed by atoms with Gasteiger partial charge in [-0.15, -0.1) is 11.3 Å². The van der Waals surface area contributed by atoms with Gasteiger partial charge >= 0.3 is 0 Å². The van der Waals surface area contributed by atoms with Crippen molar-refractivity contribution in [2.24, 2.45) is 5.92 Å². The molecular weight excluding hydrogens is 399 g/mol. The van der Waals surface area contributed by atoms with Crippen LogP contribution in [0.25, 0.3) is 0 Å². The van der Waals surface area contributed by atoms with Gasteiger partial charge in [-0.2, -0.15) is 4.31 Å². The van der Waals surface area contributed by atoms with Crippen molar-refractivity contribution in [1.82, 2.24) is 9.21 Å². The van der Waals surface area contributed by atoms with E-state index in [9.17, 15) is 17.6 Å². The van der Waals surface area contributed by atoms with Crippen molar-refractivity contribution in [2.75, 3.05) is 19.6 Å². The molecule has 1 saturated heterocycles. The van der Waals surface area contributed by atoms with Crippen LogP contribution in [0.1, 0.15) is 36.2 Å². The molecule has 8 heteroatoms. The summed E-state index contributed by atoms with van der Waals surface area (Å²) in [5, 5.41) is 2.06. The van der Waals surface area contributed by atoms with Crippen LogP contribution in [0.4, 0.5) is 4.39 Å². The van der Waals surface area contributed by atoms with Crippen molar-refractivity contribution in [3.63, 3.8) is 0 Å². The molecular formula is C20H23FN2O3S2. The number of carbonyl (C=O) groups is 1. The monoisotopic (exact) mass is 422 g/mol. The van der Waals surface area contributed by atoms with Gasteiger partial charge in [-0.05, 0) is 67.5 Å². The van der Waals surface area contributed by atoms with Gasteiger partial charge in [0.05, 0.1) is 16.9 Å². The summed E-state index contributed by atoms with van der Waals surface area (Å²) in [6.45, 7) is 3.28. The molecule has 150 valence electrons. The Hall–Kier alpha value is -1.77. The molecule has 0 unspecified atom stereocenters. The largest absolute Gasteiger partial charge is 0.335 e. The van der Waals surface area contributed by atoms with E-state index in [1.807, 2.05) is 11.8 Å². The topological polar surface area (TPSA) is 57.7 Å². The minimum Gasteiger partial charge on any atom is -0.335 e. The number of hydrogen-bond donors (Lipinski definition) is 0. The molecule has 0 N–H and O–H groups in total. The van der Waals surface area contributed by atoms with Gasteiger partial charge < -0.3 is 4.90 Å².